The minimum absolute atomic E-state index is 0.103. The number of halogens is 1. The number of hydrogen-bond donors (Lipinski definition) is 0. The standard InChI is InChI=1S/C22H17BrN2O4/c1-22-13-16(15-9-5-6-10-17(15)29-22)24(20(26)18-11-12-19(23)28-18)21(27)25(22)14-7-3-2-4-8-14/h2-12,16H,13H2,1H3. The Morgan fingerprint density at radius 2 is 1.79 bits per heavy atom. The molecule has 2 unspecified atom stereocenters. The van der Waals surface area contributed by atoms with E-state index in [2.05, 4.69) is 15.9 Å². The average molecular weight is 453 g/mol. The second-order valence-electron chi connectivity index (χ2n) is 7.27. The number of rotatable bonds is 2. The van der Waals surface area contributed by atoms with E-state index in [1.54, 1.807) is 17.0 Å². The van der Waals surface area contributed by atoms with Crippen molar-refractivity contribution in [1.82, 2.24) is 4.90 Å². The molecule has 2 aliphatic rings. The minimum Gasteiger partial charge on any atom is -0.467 e. The molecule has 2 aromatic carbocycles. The number of carbonyl (C=O) groups is 2. The topological polar surface area (TPSA) is 63.0 Å². The molecular formula is C22H17BrN2O4. The number of nitrogens with zero attached hydrogens (tertiary/aromatic N) is 2. The Labute approximate surface area is 175 Å². The Bertz CT molecular complexity index is 1110. The van der Waals surface area contributed by atoms with Crippen LogP contribution in [0, 0.1) is 0 Å². The van der Waals surface area contributed by atoms with Crippen molar-refractivity contribution in [3.63, 3.8) is 0 Å². The quantitative estimate of drug-likeness (QED) is 0.524. The molecule has 1 fully saturated rings. The minimum atomic E-state index is -0.919. The van der Waals surface area contributed by atoms with E-state index >= 15 is 0 Å². The van der Waals surface area contributed by atoms with E-state index in [1.165, 1.54) is 4.90 Å². The van der Waals surface area contributed by atoms with Crippen molar-refractivity contribution in [2.45, 2.75) is 25.1 Å². The highest BCUT2D eigenvalue weighted by Crippen LogP contribution is 2.49. The number of carbonyl (C=O) groups excluding carboxylic acids is 2. The number of ether oxygens (including phenoxy) is 1. The van der Waals surface area contributed by atoms with Gasteiger partial charge in [-0.3, -0.25) is 9.69 Å². The van der Waals surface area contributed by atoms with Crippen LogP contribution in [-0.4, -0.2) is 22.6 Å². The van der Waals surface area contributed by atoms with E-state index in [1.807, 2.05) is 61.5 Å². The van der Waals surface area contributed by atoms with E-state index in [-0.39, 0.29) is 5.76 Å². The van der Waals surface area contributed by atoms with Crippen LogP contribution in [0.3, 0.4) is 0 Å². The Balaban J connectivity index is 1.68. The SMILES string of the molecule is CC12CC(c3ccccc3O1)N(C(=O)c1ccc(Br)o1)C(=O)N2c1ccccc1. The number of amides is 3. The number of anilines is 1. The molecule has 7 heteroatoms. The van der Waals surface area contributed by atoms with Crippen molar-refractivity contribution in [3.05, 3.63) is 82.7 Å². The molecule has 146 valence electrons. The molecule has 3 aromatic rings. The number of fused-ring (bicyclic) bond motifs is 4. The highest BCUT2D eigenvalue weighted by atomic mass is 79.9. The van der Waals surface area contributed by atoms with Gasteiger partial charge in [0, 0.05) is 17.7 Å². The van der Waals surface area contributed by atoms with Gasteiger partial charge in [0.1, 0.15) is 5.75 Å². The summed E-state index contributed by atoms with van der Waals surface area (Å²) in [6.07, 6.45) is 0.443. The van der Waals surface area contributed by atoms with E-state index < -0.39 is 23.7 Å². The molecule has 0 spiro atoms. The maximum atomic E-state index is 13.7. The third-order valence-electron chi connectivity index (χ3n) is 5.38. The largest absolute Gasteiger partial charge is 0.467 e. The van der Waals surface area contributed by atoms with Crippen LogP contribution in [0.25, 0.3) is 0 Å². The Hall–Kier alpha value is -3.06. The van der Waals surface area contributed by atoms with Gasteiger partial charge < -0.3 is 9.15 Å². The zero-order valence-electron chi connectivity index (χ0n) is 15.5. The van der Waals surface area contributed by atoms with Crippen molar-refractivity contribution in [3.8, 4) is 5.75 Å². The molecule has 0 N–H and O–H groups in total. The van der Waals surface area contributed by atoms with Gasteiger partial charge in [0.25, 0.3) is 5.91 Å². The zero-order chi connectivity index (χ0) is 20.2. The van der Waals surface area contributed by atoms with Crippen molar-refractivity contribution in [2.75, 3.05) is 4.90 Å². The summed E-state index contributed by atoms with van der Waals surface area (Å²) in [5.74, 6) is 0.286. The first-order valence-corrected chi connectivity index (χ1v) is 10.0. The van der Waals surface area contributed by atoms with E-state index in [0.29, 0.717) is 22.5 Å². The van der Waals surface area contributed by atoms with Crippen molar-refractivity contribution < 1.29 is 18.7 Å². The summed E-state index contributed by atoms with van der Waals surface area (Å²) in [4.78, 5) is 29.8. The lowest BCUT2D eigenvalue weighted by atomic mass is 9.88. The van der Waals surface area contributed by atoms with E-state index in [9.17, 15) is 9.59 Å². The molecule has 2 bridgehead atoms. The summed E-state index contributed by atoms with van der Waals surface area (Å²) < 4.78 is 12.2. The van der Waals surface area contributed by atoms with E-state index in [4.69, 9.17) is 9.15 Å². The molecular weight excluding hydrogens is 436 g/mol. The maximum absolute atomic E-state index is 13.7. The molecule has 0 aliphatic carbocycles. The molecule has 0 saturated carbocycles. The van der Waals surface area contributed by atoms with Crippen LogP contribution in [0.15, 0.2) is 75.8 Å². The number of imide groups is 1. The van der Waals surface area contributed by atoms with Crippen LogP contribution in [-0.2, 0) is 0 Å². The number of hydrogen-bond acceptors (Lipinski definition) is 4. The fraction of sp³-hybridized carbons (Fsp3) is 0.182. The van der Waals surface area contributed by atoms with Crippen LogP contribution >= 0.6 is 15.9 Å². The molecule has 5 rings (SSSR count). The van der Waals surface area contributed by atoms with Crippen LogP contribution < -0.4 is 9.64 Å². The smallest absolute Gasteiger partial charge is 0.335 e. The van der Waals surface area contributed by atoms with Gasteiger partial charge in [-0.1, -0.05) is 36.4 Å². The van der Waals surface area contributed by atoms with Gasteiger partial charge in [0.05, 0.1) is 6.04 Å². The lowest BCUT2D eigenvalue weighted by molar-refractivity contribution is 0.00170. The molecule has 3 heterocycles. The lowest BCUT2D eigenvalue weighted by Gasteiger charge is -2.53. The average Bonchev–Trinajstić information content (AvgIpc) is 3.14. The van der Waals surface area contributed by atoms with Gasteiger partial charge in [0.15, 0.2) is 16.2 Å². The summed E-state index contributed by atoms with van der Waals surface area (Å²) in [6, 6.07) is 19.1. The van der Waals surface area contributed by atoms with Gasteiger partial charge in [-0.25, -0.2) is 9.69 Å². The highest BCUT2D eigenvalue weighted by Gasteiger charge is 2.55. The van der Waals surface area contributed by atoms with Crippen LogP contribution in [0.1, 0.15) is 35.5 Å². The first kappa shape index (κ1) is 18.0. The molecule has 1 aromatic heterocycles. The number of furan rings is 1. The summed E-state index contributed by atoms with van der Waals surface area (Å²) in [5, 5.41) is 0. The second-order valence-corrected chi connectivity index (χ2v) is 8.05. The van der Waals surface area contributed by atoms with E-state index in [0.717, 1.165) is 5.56 Å². The Morgan fingerprint density at radius 1 is 1.07 bits per heavy atom. The van der Waals surface area contributed by atoms with Gasteiger partial charge in [-0.05, 0) is 53.2 Å². The van der Waals surface area contributed by atoms with Crippen molar-refractivity contribution in [2.24, 2.45) is 0 Å². The molecule has 6 nitrogen and oxygen atoms in total. The van der Waals surface area contributed by atoms with Crippen LogP contribution in [0.2, 0.25) is 0 Å². The summed E-state index contributed by atoms with van der Waals surface area (Å²) in [7, 11) is 0. The Kier molecular flexibility index (Phi) is 4.03. The first-order chi connectivity index (χ1) is 14.0. The number of urea groups is 1. The summed E-state index contributed by atoms with van der Waals surface area (Å²) >= 11 is 3.22. The number of para-hydroxylation sites is 2. The van der Waals surface area contributed by atoms with Crippen molar-refractivity contribution in [1.29, 1.82) is 0 Å². The highest BCUT2D eigenvalue weighted by molar-refractivity contribution is 9.10. The van der Waals surface area contributed by atoms with Gasteiger partial charge in [-0.15, -0.1) is 0 Å². The molecule has 29 heavy (non-hydrogen) atoms. The number of benzene rings is 2. The molecule has 2 aliphatic heterocycles. The molecule has 0 radical (unpaired) electrons. The summed E-state index contributed by atoms with van der Waals surface area (Å²) in [5.41, 5.74) is 0.555. The van der Waals surface area contributed by atoms with Crippen molar-refractivity contribution >= 4 is 33.6 Å². The lowest BCUT2D eigenvalue weighted by Crippen LogP contribution is -2.67. The molecule has 2 atom stereocenters. The maximum Gasteiger partial charge on any atom is 0.335 e. The Morgan fingerprint density at radius 3 is 2.52 bits per heavy atom. The fourth-order valence-electron chi connectivity index (χ4n) is 4.14. The monoisotopic (exact) mass is 452 g/mol. The predicted octanol–water partition coefficient (Wildman–Crippen LogP) is 5.36. The zero-order valence-corrected chi connectivity index (χ0v) is 17.1. The second kappa shape index (κ2) is 6.49. The normalized spacial score (nSPS) is 22.8. The third kappa shape index (κ3) is 2.76. The van der Waals surface area contributed by atoms with Crippen LogP contribution in [0.5, 0.6) is 5.75 Å². The summed E-state index contributed by atoms with van der Waals surface area (Å²) in [6.45, 7) is 1.88. The van der Waals surface area contributed by atoms with Gasteiger partial charge in [-0.2, -0.15) is 0 Å². The van der Waals surface area contributed by atoms with Crippen LogP contribution in [0.4, 0.5) is 10.5 Å². The predicted molar refractivity (Wildman–Crippen MR) is 110 cm³/mol. The fourth-order valence-corrected chi connectivity index (χ4v) is 4.45. The third-order valence-corrected chi connectivity index (χ3v) is 5.81. The molecule has 3 amide bonds. The molecule has 1 saturated heterocycles. The van der Waals surface area contributed by atoms with Gasteiger partial charge in [0.2, 0.25) is 0 Å². The first-order valence-electron chi connectivity index (χ1n) is 9.24. The van der Waals surface area contributed by atoms with Gasteiger partial charge >= 0.3 is 6.03 Å².